The van der Waals surface area contributed by atoms with Gasteiger partial charge in [0.05, 0.1) is 17.2 Å². The number of rotatable bonds is 4. The van der Waals surface area contributed by atoms with E-state index in [1.54, 1.807) is 19.2 Å². The summed E-state index contributed by atoms with van der Waals surface area (Å²) in [7, 11) is 1.59. The van der Waals surface area contributed by atoms with Gasteiger partial charge in [-0.1, -0.05) is 17.7 Å². The summed E-state index contributed by atoms with van der Waals surface area (Å²) in [6.07, 6.45) is 0.556. The Kier molecular flexibility index (Phi) is 3.84. The molecule has 96 valence electrons. The van der Waals surface area contributed by atoms with Crippen molar-refractivity contribution in [1.29, 1.82) is 0 Å². The lowest BCUT2D eigenvalue weighted by molar-refractivity contribution is 0.201. The summed E-state index contributed by atoms with van der Waals surface area (Å²) in [5.74, 6) is -0.192. The summed E-state index contributed by atoms with van der Waals surface area (Å²) in [5, 5.41) is 6.99. The van der Waals surface area contributed by atoms with Gasteiger partial charge < -0.3 is 10.5 Å². The number of methoxy groups -OCH3 is 1. The molecule has 1 aromatic heterocycles. The third-order valence-electron chi connectivity index (χ3n) is 2.64. The zero-order valence-corrected chi connectivity index (χ0v) is 10.6. The predicted molar refractivity (Wildman–Crippen MR) is 69.0 cm³/mol. The Labute approximate surface area is 109 Å². The summed E-state index contributed by atoms with van der Waals surface area (Å²) in [6.45, 7) is 0.487. The topological polar surface area (TPSA) is 63.9 Å². The Hall–Kier alpha value is -1.59. The first-order chi connectivity index (χ1) is 8.65. The van der Waals surface area contributed by atoms with E-state index in [9.17, 15) is 4.39 Å². The molecular formula is C12H13ClFN3O. The largest absolute Gasteiger partial charge is 0.384 e. The molecule has 0 bridgehead atoms. The van der Waals surface area contributed by atoms with Gasteiger partial charge in [-0.3, -0.25) is 5.10 Å². The Morgan fingerprint density at radius 1 is 1.44 bits per heavy atom. The molecule has 3 N–H and O–H groups in total. The third-order valence-corrected chi connectivity index (χ3v) is 2.95. The molecule has 2 aromatic rings. The highest BCUT2D eigenvalue weighted by Crippen LogP contribution is 2.35. The number of benzene rings is 1. The number of nitrogens with zero attached hydrogens (tertiary/aromatic N) is 1. The number of nitrogens with two attached hydrogens (primary N) is 1. The molecular weight excluding hydrogens is 257 g/mol. The molecule has 0 spiro atoms. The van der Waals surface area contributed by atoms with E-state index in [1.165, 1.54) is 6.07 Å². The molecule has 0 unspecified atom stereocenters. The number of nitrogens with one attached hydrogen (secondary N) is 1. The van der Waals surface area contributed by atoms with E-state index in [0.29, 0.717) is 29.3 Å². The van der Waals surface area contributed by atoms with Crippen molar-refractivity contribution in [2.24, 2.45) is 0 Å². The van der Waals surface area contributed by atoms with Gasteiger partial charge in [0, 0.05) is 24.8 Å². The van der Waals surface area contributed by atoms with Crippen molar-refractivity contribution in [2.45, 2.75) is 6.42 Å². The first kappa shape index (κ1) is 12.9. The molecule has 1 aromatic carbocycles. The molecule has 0 aliphatic rings. The number of hydrogen-bond donors (Lipinski definition) is 2. The van der Waals surface area contributed by atoms with Crippen LogP contribution in [0.2, 0.25) is 5.02 Å². The lowest BCUT2D eigenvalue weighted by atomic mass is 10.0. The molecule has 0 atom stereocenters. The van der Waals surface area contributed by atoms with Crippen LogP contribution >= 0.6 is 11.6 Å². The molecule has 0 aliphatic heterocycles. The van der Waals surface area contributed by atoms with E-state index in [-0.39, 0.29) is 11.4 Å². The van der Waals surface area contributed by atoms with E-state index in [4.69, 9.17) is 22.1 Å². The van der Waals surface area contributed by atoms with Crippen molar-refractivity contribution < 1.29 is 9.13 Å². The third kappa shape index (κ3) is 2.32. The predicted octanol–water partition coefficient (Wildman–Crippen LogP) is 2.64. The van der Waals surface area contributed by atoms with Crippen LogP contribution in [0.25, 0.3) is 11.1 Å². The van der Waals surface area contributed by atoms with E-state index in [0.717, 1.165) is 0 Å². The monoisotopic (exact) mass is 269 g/mol. The van der Waals surface area contributed by atoms with E-state index < -0.39 is 5.82 Å². The smallest absolute Gasteiger partial charge is 0.153 e. The van der Waals surface area contributed by atoms with Crippen molar-refractivity contribution in [2.75, 3.05) is 19.5 Å². The van der Waals surface area contributed by atoms with Crippen molar-refractivity contribution in [3.05, 3.63) is 34.7 Å². The number of ether oxygens (including phenoxy) is 1. The number of hydrogen-bond acceptors (Lipinski definition) is 3. The van der Waals surface area contributed by atoms with Gasteiger partial charge in [-0.2, -0.15) is 5.10 Å². The number of nitrogen functional groups attached to an aromatic ring is 1. The lowest BCUT2D eigenvalue weighted by Crippen LogP contribution is -1.99. The fourth-order valence-electron chi connectivity index (χ4n) is 1.79. The van der Waals surface area contributed by atoms with Gasteiger partial charge in [-0.25, -0.2) is 4.39 Å². The SMILES string of the molecule is COCCc1[nH]nc(N)c1-c1c(F)cccc1Cl. The highest BCUT2D eigenvalue weighted by Gasteiger charge is 2.19. The normalized spacial score (nSPS) is 10.8. The van der Waals surface area contributed by atoms with Crippen molar-refractivity contribution in [3.8, 4) is 11.1 Å². The molecule has 4 nitrogen and oxygen atoms in total. The second kappa shape index (κ2) is 5.37. The maximum Gasteiger partial charge on any atom is 0.153 e. The van der Waals surface area contributed by atoms with E-state index >= 15 is 0 Å². The van der Waals surface area contributed by atoms with Gasteiger partial charge in [-0.15, -0.1) is 0 Å². The summed E-state index contributed by atoms with van der Waals surface area (Å²) in [6, 6.07) is 4.51. The number of aromatic amines is 1. The number of halogens is 2. The molecule has 0 saturated carbocycles. The van der Waals surface area contributed by atoms with Crippen LogP contribution in [0.3, 0.4) is 0 Å². The molecule has 0 aliphatic carbocycles. The summed E-state index contributed by atoms with van der Waals surface area (Å²) in [5.41, 5.74) is 7.27. The summed E-state index contributed by atoms with van der Waals surface area (Å²) < 4.78 is 18.9. The number of aromatic nitrogens is 2. The van der Waals surface area contributed by atoms with Crippen LogP contribution < -0.4 is 5.73 Å². The second-order valence-electron chi connectivity index (χ2n) is 3.80. The van der Waals surface area contributed by atoms with Gasteiger partial charge in [0.1, 0.15) is 5.82 Å². The Balaban J connectivity index is 2.52. The quantitative estimate of drug-likeness (QED) is 0.897. The van der Waals surface area contributed by atoms with Gasteiger partial charge >= 0.3 is 0 Å². The minimum Gasteiger partial charge on any atom is -0.384 e. The molecule has 18 heavy (non-hydrogen) atoms. The molecule has 2 rings (SSSR count). The number of H-pyrrole nitrogens is 1. The fourth-order valence-corrected chi connectivity index (χ4v) is 2.05. The summed E-state index contributed by atoms with van der Waals surface area (Å²) >= 11 is 6.03. The Bertz CT molecular complexity index is 536. The lowest BCUT2D eigenvalue weighted by Gasteiger charge is -2.07. The van der Waals surface area contributed by atoms with Crippen LogP contribution in [-0.2, 0) is 11.2 Å². The first-order valence-corrected chi connectivity index (χ1v) is 5.79. The van der Waals surface area contributed by atoms with Crippen LogP contribution in [-0.4, -0.2) is 23.9 Å². The van der Waals surface area contributed by atoms with Crippen molar-refractivity contribution >= 4 is 17.4 Å². The van der Waals surface area contributed by atoms with Gasteiger partial charge in [0.15, 0.2) is 5.82 Å². The minimum absolute atomic E-state index is 0.230. The van der Waals surface area contributed by atoms with E-state index in [2.05, 4.69) is 10.2 Å². The summed E-state index contributed by atoms with van der Waals surface area (Å²) in [4.78, 5) is 0. The number of anilines is 1. The standard InChI is InChI=1S/C12H13ClFN3O/c1-18-6-5-9-11(12(15)17-16-9)10-7(13)3-2-4-8(10)14/h2-4H,5-6H2,1H3,(H3,15,16,17). The average molecular weight is 270 g/mol. The fraction of sp³-hybridized carbons (Fsp3) is 0.250. The van der Waals surface area contributed by atoms with Gasteiger partial charge in [-0.05, 0) is 12.1 Å². The van der Waals surface area contributed by atoms with Crippen LogP contribution in [0.5, 0.6) is 0 Å². The maximum absolute atomic E-state index is 13.9. The highest BCUT2D eigenvalue weighted by molar-refractivity contribution is 6.33. The molecule has 0 saturated heterocycles. The minimum atomic E-state index is -0.422. The van der Waals surface area contributed by atoms with Gasteiger partial charge in [0.2, 0.25) is 0 Å². The Morgan fingerprint density at radius 3 is 2.89 bits per heavy atom. The molecule has 0 amide bonds. The zero-order valence-electron chi connectivity index (χ0n) is 9.84. The Morgan fingerprint density at radius 2 is 2.22 bits per heavy atom. The molecule has 6 heteroatoms. The van der Waals surface area contributed by atoms with Crippen LogP contribution in [0.1, 0.15) is 5.69 Å². The van der Waals surface area contributed by atoms with Crippen LogP contribution in [0, 0.1) is 5.82 Å². The highest BCUT2D eigenvalue weighted by atomic mass is 35.5. The van der Waals surface area contributed by atoms with Crippen LogP contribution in [0.4, 0.5) is 10.2 Å². The average Bonchev–Trinajstić information content (AvgIpc) is 2.69. The van der Waals surface area contributed by atoms with Crippen LogP contribution in [0.15, 0.2) is 18.2 Å². The molecule has 0 fully saturated rings. The van der Waals surface area contributed by atoms with E-state index in [1.807, 2.05) is 0 Å². The van der Waals surface area contributed by atoms with Gasteiger partial charge in [0.25, 0.3) is 0 Å². The zero-order chi connectivity index (χ0) is 13.1. The molecule has 1 heterocycles. The van der Waals surface area contributed by atoms with Crippen molar-refractivity contribution in [3.63, 3.8) is 0 Å². The second-order valence-corrected chi connectivity index (χ2v) is 4.21. The first-order valence-electron chi connectivity index (χ1n) is 5.41. The maximum atomic E-state index is 13.9. The molecule has 0 radical (unpaired) electrons. The van der Waals surface area contributed by atoms with Crippen molar-refractivity contribution in [1.82, 2.24) is 10.2 Å².